The Bertz CT molecular complexity index is 1130. The van der Waals surface area contributed by atoms with Crippen LogP contribution in [0.15, 0.2) is 42.9 Å². The van der Waals surface area contributed by atoms with Gasteiger partial charge in [0.2, 0.25) is 5.95 Å². The van der Waals surface area contributed by atoms with Crippen molar-refractivity contribution in [3.63, 3.8) is 0 Å². The Hall–Kier alpha value is -3.46. The molecular formula is C24H28ClN7O2. The van der Waals surface area contributed by atoms with Gasteiger partial charge in [0, 0.05) is 37.7 Å². The molecule has 1 amide bonds. The van der Waals surface area contributed by atoms with Crippen LogP contribution in [0.25, 0.3) is 0 Å². The standard InChI is InChI=1S/C24H28ClN7O2/c1-3-17-6-4-11-32(17)24-30-14-18(23(33)29-15-21-26-9-5-10-27-21)22(31-24)28-13-16-7-8-20(34-2)19(25)12-16/h5,7-10,12,14,17H,3-4,6,11,13,15H2,1-2H3,(H,29,33)(H,28,30,31). The first-order valence-corrected chi connectivity index (χ1v) is 11.7. The summed E-state index contributed by atoms with van der Waals surface area (Å²) in [6, 6.07) is 7.69. The van der Waals surface area contributed by atoms with E-state index in [1.165, 1.54) is 0 Å². The first kappa shape index (κ1) is 23.7. The van der Waals surface area contributed by atoms with Gasteiger partial charge in [0.15, 0.2) is 0 Å². The van der Waals surface area contributed by atoms with Crippen molar-refractivity contribution in [2.75, 3.05) is 23.9 Å². The number of anilines is 2. The van der Waals surface area contributed by atoms with Gasteiger partial charge < -0.3 is 20.3 Å². The van der Waals surface area contributed by atoms with E-state index in [0.29, 0.717) is 46.5 Å². The zero-order chi connectivity index (χ0) is 23.9. The van der Waals surface area contributed by atoms with Crippen molar-refractivity contribution in [1.29, 1.82) is 0 Å². The smallest absolute Gasteiger partial charge is 0.256 e. The summed E-state index contributed by atoms with van der Waals surface area (Å²) in [4.78, 5) is 32.8. The van der Waals surface area contributed by atoms with E-state index in [1.54, 1.807) is 31.8 Å². The maximum atomic E-state index is 13.0. The fourth-order valence-electron chi connectivity index (χ4n) is 4.02. The molecule has 1 unspecified atom stereocenters. The van der Waals surface area contributed by atoms with Crippen LogP contribution in [0.3, 0.4) is 0 Å². The highest BCUT2D eigenvalue weighted by Crippen LogP contribution is 2.28. The molecule has 0 bridgehead atoms. The topological polar surface area (TPSA) is 105 Å². The molecular weight excluding hydrogens is 454 g/mol. The number of hydrogen-bond donors (Lipinski definition) is 2. The highest BCUT2D eigenvalue weighted by atomic mass is 35.5. The van der Waals surface area contributed by atoms with Gasteiger partial charge in [-0.3, -0.25) is 4.79 Å². The van der Waals surface area contributed by atoms with Gasteiger partial charge in [-0.1, -0.05) is 24.6 Å². The lowest BCUT2D eigenvalue weighted by atomic mass is 10.2. The molecule has 1 fully saturated rings. The summed E-state index contributed by atoms with van der Waals surface area (Å²) in [7, 11) is 1.58. The predicted molar refractivity (Wildman–Crippen MR) is 131 cm³/mol. The zero-order valence-electron chi connectivity index (χ0n) is 19.3. The third-order valence-corrected chi connectivity index (χ3v) is 6.12. The summed E-state index contributed by atoms with van der Waals surface area (Å²) in [6.45, 7) is 3.71. The molecule has 0 radical (unpaired) electrons. The van der Waals surface area contributed by atoms with Gasteiger partial charge in [-0.15, -0.1) is 0 Å². The summed E-state index contributed by atoms with van der Waals surface area (Å²) in [5, 5.41) is 6.67. The Morgan fingerprint density at radius 3 is 2.79 bits per heavy atom. The van der Waals surface area contributed by atoms with Gasteiger partial charge in [0.25, 0.3) is 5.91 Å². The Balaban J connectivity index is 1.56. The van der Waals surface area contributed by atoms with Gasteiger partial charge >= 0.3 is 0 Å². The number of ether oxygens (including phenoxy) is 1. The molecule has 1 saturated heterocycles. The average molecular weight is 482 g/mol. The summed E-state index contributed by atoms with van der Waals surface area (Å²) >= 11 is 6.27. The van der Waals surface area contributed by atoms with Gasteiger partial charge in [-0.25, -0.2) is 15.0 Å². The summed E-state index contributed by atoms with van der Waals surface area (Å²) in [6.07, 6.45) is 8.10. The second kappa shape index (κ2) is 11.1. The van der Waals surface area contributed by atoms with Crippen molar-refractivity contribution in [3.8, 4) is 5.75 Å². The maximum Gasteiger partial charge on any atom is 0.256 e. The molecule has 2 aromatic heterocycles. The Morgan fingerprint density at radius 2 is 2.06 bits per heavy atom. The molecule has 3 heterocycles. The van der Waals surface area contributed by atoms with Crippen molar-refractivity contribution in [2.24, 2.45) is 0 Å². The van der Waals surface area contributed by atoms with Crippen LogP contribution >= 0.6 is 11.6 Å². The fourth-order valence-corrected chi connectivity index (χ4v) is 4.30. The number of nitrogens with one attached hydrogen (secondary N) is 2. The van der Waals surface area contributed by atoms with Crippen LogP contribution in [0.4, 0.5) is 11.8 Å². The van der Waals surface area contributed by atoms with Crippen LogP contribution in [-0.2, 0) is 13.1 Å². The summed E-state index contributed by atoms with van der Waals surface area (Å²) < 4.78 is 5.23. The van der Waals surface area contributed by atoms with Crippen molar-refractivity contribution >= 4 is 29.3 Å². The number of benzene rings is 1. The molecule has 10 heteroatoms. The van der Waals surface area contributed by atoms with E-state index in [2.05, 4.69) is 37.4 Å². The molecule has 3 aromatic rings. The Labute approximate surface area is 204 Å². The number of carbonyl (C=O) groups excluding carboxylic acids is 1. The average Bonchev–Trinajstić information content (AvgIpc) is 3.35. The van der Waals surface area contributed by atoms with E-state index in [1.807, 2.05) is 18.2 Å². The van der Waals surface area contributed by atoms with Crippen LogP contribution in [0, 0.1) is 0 Å². The van der Waals surface area contributed by atoms with Gasteiger partial charge in [-0.2, -0.15) is 4.98 Å². The molecule has 0 aliphatic carbocycles. The number of methoxy groups -OCH3 is 1. The van der Waals surface area contributed by atoms with E-state index in [9.17, 15) is 4.79 Å². The lowest BCUT2D eigenvalue weighted by molar-refractivity contribution is 0.0950. The molecule has 1 aromatic carbocycles. The van der Waals surface area contributed by atoms with E-state index >= 15 is 0 Å². The van der Waals surface area contributed by atoms with Crippen LogP contribution in [0.1, 0.15) is 47.9 Å². The maximum absolute atomic E-state index is 13.0. The van der Waals surface area contributed by atoms with E-state index in [0.717, 1.165) is 31.4 Å². The molecule has 1 aliphatic rings. The van der Waals surface area contributed by atoms with Crippen molar-refractivity contribution in [2.45, 2.75) is 45.3 Å². The third kappa shape index (κ3) is 5.53. The van der Waals surface area contributed by atoms with Gasteiger partial charge in [0.1, 0.15) is 23.0 Å². The number of rotatable bonds is 9. The predicted octanol–water partition coefficient (Wildman–Crippen LogP) is 3.85. The second-order valence-electron chi connectivity index (χ2n) is 8.00. The van der Waals surface area contributed by atoms with Crippen LogP contribution in [0.2, 0.25) is 5.02 Å². The second-order valence-corrected chi connectivity index (χ2v) is 8.41. The monoisotopic (exact) mass is 481 g/mol. The van der Waals surface area contributed by atoms with Crippen molar-refractivity contribution < 1.29 is 9.53 Å². The number of carbonyl (C=O) groups is 1. The van der Waals surface area contributed by atoms with Crippen LogP contribution in [0.5, 0.6) is 5.75 Å². The summed E-state index contributed by atoms with van der Waals surface area (Å²) in [5.74, 6) is 1.92. The van der Waals surface area contributed by atoms with Crippen LogP contribution in [-0.4, -0.2) is 45.5 Å². The fraction of sp³-hybridized carbons (Fsp3) is 0.375. The Morgan fingerprint density at radius 1 is 1.24 bits per heavy atom. The van der Waals surface area contributed by atoms with E-state index in [4.69, 9.17) is 21.3 Å². The lowest BCUT2D eigenvalue weighted by Crippen LogP contribution is -2.31. The highest BCUT2D eigenvalue weighted by molar-refractivity contribution is 6.32. The quantitative estimate of drug-likeness (QED) is 0.474. The third-order valence-electron chi connectivity index (χ3n) is 5.83. The van der Waals surface area contributed by atoms with Gasteiger partial charge in [-0.05, 0) is 43.0 Å². The molecule has 0 saturated carbocycles. The molecule has 4 rings (SSSR count). The van der Waals surface area contributed by atoms with E-state index in [-0.39, 0.29) is 12.5 Å². The molecule has 1 aliphatic heterocycles. The molecule has 178 valence electrons. The van der Waals surface area contributed by atoms with Crippen LogP contribution < -0.4 is 20.3 Å². The zero-order valence-corrected chi connectivity index (χ0v) is 20.0. The normalized spacial score (nSPS) is 15.3. The SMILES string of the molecule is CCC1CCCN1c1ncc(C(=O)NCc2ncccn2)c(NCc2ccc(OC)c(Cl)c2)n1. The van der Waals surface area contributed by atoms with Gasteiger partial charge in [0.05, 0.1) is 18.7 Å². The first-order chi connectivity index (χ1) is 16.6. The largest absolute Gasteiger partial charge is 0.495 e. The Kier molecular flexibility index (Phi) is 7.74. The highest BCUT2D eigenvalue weighted by Gasteiger charge is 2.26. The molecule has 0 spiro atoms. The number of aromatic nitrogens is 4. The number of nitrogens with zero attached hydrogens (tertiary/aromatic N) is 5. The van der Waals surface area contributed by atoms with Crippen molar-refractivity contribution in [1.82, 2.24) is 25.3 Å². The minimum atomic E-state index is -0.303. The van der Waals surface area contributed by atoms with E-state index < -0.39 is 0 Å². The van der Waals surface area contributed by atoms with Crippen molar-refractivity contribution in [3.05, 3.63) is 64.8 Å². The molecule has 34 heavy (non-hydrogen) atoms. The molecule has 2 N–H and O–H groups in total. The lowest BCUT2D eigenvalue weighted by Gasteiger charge is -2.24. The molecule has 1 atom stereocenters. The number of hydrogen-bond acceptors (Lipinski definition) is 8. The minimum absolute atomic E-state index is 0.207. The molecule has 9 nitrogen and oxygen atoms in total. The minimum Gasteiger partial charge on any atom is -0.495 e. The first-order valence-electron chi connectivity index (χ1n) is 11.3. The summed E-state index contributed by atoms with van der Waals surface area (Å²) in [5.41, 5.74) is 1.29. The number of halogens is 1. The number of amides is 1.